The lowest BCUT2D eigenvalue weighted by Gasteiger charge is -2.23. The first kappa shape index (κ1) is 22.7. The van der Waals surface area contributed by atoms with E-state index in [1.54, 1.807) is 6.07 Å². The normalized spacial score (nSPS) is 22.5. The molecule has 2 aromatic heterocycles. The number of hydrogen-bond acceptors (Lipinski definition) is 7. The second-order valence-corrected chi connectivity index (χ2v) is 10.3. The second kappa shape index (κ2) is 8.47. The Kier molecular flexibility index (Phi) is 6.01. The van der Waals surface area contributed by atoms with Crippen molar-refractivity contribution in [2.45, 2.75) is 44.3 Å². The predicted octanol–water partition coefficient (Wildman–Crippen LogP) is 3.37. The number of aromatic nitrogens is 3. The standard InChI is InChI=1S/C20H25F3N6O2S/c1-13-4-3-8-29(13)19-25-16(14-6-9-28(12-14)32(2,30)31)11-18(27-19)26-17-10-15(5-7-24-17)20(21,22)23/h5,7,10-11,13-14H,3-4,6,8-9,12H2,1-2H3,(H,24,25,26,27). The topological polar surface area (TPSA) is 91.3 Å². The van der Waals surface area contributed by atoms with Crippen molar-refractivity contribution in [3.63, 3.8) is 0 Å². The van der Waals surface area contributed by atoms with E-state index in [4.69, 9.17) is 4.98 Å². The number of nitrogens with one attached hydrogen (secondary N) is 1. The summed E-state index contributed by atoms with van der Waals surface area (Å²) in [5.41, 5.74) is -0.146. The molecule has 0 saturated carbocycles. The van der Waals surface area contributed by atoms with E-state index in [-0.39, 0.29) is 17.8 Å². The zero-order valence-corrected chi connectivity index (χ0v) is 18.6. The van der Waals surface area contributed by atoms with Gasteiger partial charge in [-0.05, 0) is 38.3 Å². The third-order valence-corrected chi connectivity index (χ3v) is 7.20. The lowest BCUT2D eigenvalue weighted by molar-refractivity contribution is -0.137. The molecule has 2 fully saturated rings. The van der Waals surface area contributed by atoms with Crippen LogP contribution in [-0.4, -0.2) is 59.6 Å². The molecule has 0 radical (unpaired) electrons. The number of nitrogens with zero attached hydrogens (tertiary/aromatic N) is 5. The molecule has 2 saturated heterocycles. The maximum Gasteiger partial charge on any atom is 0.416 e. The SMILES string of the molecule is CC1CCCN1c1nc(Nc2cc(C(F)(F)F)ccn2)cc(C2CCN(S(C)(=O)=O)C2)n1. The van der Waals surface area contributed by atoms with E-state index in [9.17, 15) is 21.6 Å². The fourth-order valence-electron chi connectivity index (χ4n) is 4.16. The second-order valence-electron chi connectivity index (χ2n) is 8.32. The van der Waals surface area contributed by atoms with E-state index in [0.29, 0.717) is 37.0 Å². The third kappa shape index (κ3) is 4.96. The minimum absolute atomic E-state index is 0.0223. The molecule has 2 aliphatic heterocycles. The Morgan fingerprint density at radius 2 is 1.91 bits per heavy atom. The van der Waals surface area contributed by atoms with Crippen LogP contribution in [0.15, 0.2) is 24.4 Å². The smallest absolute Gasteiger partial charge is 0.338 e. The van der Waals surface area contributed by atoms with Crippen LogP contribution in [0.5, 0.6) is 0 Å². The Labute approximate surface area is 184 Å². The number of pyridine rings is 1. The summed E-state index contributed by atoms with van der Waals surface area (Å²) in [6.07, 6.45) is 0.400. The van der Waals surface area contributed by atoms with Gasteiger partial charge in [0.2, 0.25) is 16.0 Å². The average molecular weight is 471 g/mol. The minimum Gasteiger partial charge on any atom is -0.338 e. The highest BCUT2D eigenvalue weighted by atomic mass is 32.2. The van der Waals surface area contributed by atoms with Crippen LogP contribution in [0.3, 0.4) is 0 Å². The van der Waals surface area contributed by atoms with E-state index in [1.165, 1.54) is 10.6 Å². The van der Waals surface area contributed by atoms with Gasteiger partial charge in [-0.15, -0.1) is 0 Å². The summed E-state index contributed by atoms with van der Waals surface area (Å²) in [6.45, 7) is 3.57. The Hall–Kier alpha value is -2.47. The van der Waals surface area contributed by atoms with E-state index in [1.807, 2.05) is 0 Å². The molecule has 4 heterocycles. The van der Waals surface area contributed by atoms with E-state index in [0.717, 1.165) is 37.7 Å². The van der Waals surface area contributed by atoms with Crippen molar-refractivity contribution < 1.29 is 21.6 Å². The van der Waals surface area contributed by atoms with Gasteiger partial charge < -0.3 is 10.2 Å². The molecular weight excluding hydrogens is 445 g/mol. The summed E-state index contributed by atoms with van der Waals surface area (Å²) in [6, 6.07) is 3.75. The number of halogens is 3. The molecule has 0 bridgehead atoms. The number of anilines is 3. The first-order valence-corrected chi connectivity index (χ1v) is 12.3. The highest BCUT2D eigenvalue weighted by Gasteiger charge is 2.33. The molecule has 0 spiro atoms. The number of hydrogen-bond donors (Lipinski definition) is 1. The molecule has 32 heavy (non-hydrogen) atoms. The summed E-state index contributed by atoms with van der Waals surface area (Å²) in [7, 11) is -3.31. The number of sulfonamides is 1. The molecule has 0 amide bonds. The molecule has 2 aliphatic rings. The minimum atomic E-state index is -4.48. The molecule has 12 heteroatoms. The lowest BCUT2D eigenvalue weighted by atomic mass is 10.0. The Morgan fingerprint density at radius 3 is 2.53 bits per heavy atom. The summed E-state index contributed by atoms with van der Waals surface area (Å²) in [4.78, 5) is 15.3. The van der Waals surface area contributed by atoms with Gasteiger partial charge in [0.25, 0.3) is 0 Å². The molecular formula is C20H25F3N6O2S. The van der Waals surface area contributed by atoms with Crippen molar-refractivity contribution >= 4 is 27.6 Å². The zero-order valence-electron chi connectivity index (χ0n) is 17.8. The maximum absolute atomic E-state index is 13.1. The van der Waals surface area contributed by atoms with Crippen molar-refractivity contribution in [2.24, 2.45) is 0 Å². The van der Waals surface area contributed by atoms with Gasteiger partial charge in [0.05, 0.1) is 17.5 Å². The van der Waals surface area contributed by atoms with Gasteiger partial charge in [-0.25, -0.2) is 22.7 Å². The van der Waals surface area contributed by atoms with E-state index >= 15 is 0 Å². The molecule has 8 nitrogen and oxygen atoms in total. The summed E-state index contributed by atoms with van der Waals surface area (Å²) in [5, 5.41) is 2.88. The van der Waals surface area contributed by atoms with Crippen molar-refractivity contribution in [3.05, 3.63) is 35.7 Å². The highest BCUT2D eigenvalue weighted by Crippen LogP contribution is 2.33. The molecule has 174 valence electrons. The summed E-state index contributed by atoms with van der Waals surface area (Å²) in [5.74, 6) is 0.710. The quantitative estimate of drug-likeness (QED) is 0.716. The van der Waals surface area contributed by atoms with Crippen LogP contribution in [0.1, 0.15) is 43.4 Å². The van der Waals surface area contributed by atoms with E-state index in [2.05, 4.69) is 27.1 Å². The monoisotopic (exact) mass is 470 g/mol. The number of rotatable bonds is 5. The van der Waals surface area contributed by atoms with Crippen LogP contribution < -0.4 is 10.2 Å². The number of alkyl halides is 3. The van der Waals surface area contributed by atoms with Gasteiger partial charge in [-0.2, -0.15) is 18.2 Å². The van der Waals surface area contributed by atoms with Gasteiger partial charge in [0, 0.05) is 43.9 Å². The maximum atomic E-state index is 13.1. The first-order valence-electron chi connectivity index (χ1n) is 10.4. The molecule has 0 aliphatic carbocycles. The van der Waals surface area contributed by atoms with Crippen molar-refractivity contribution in [1.29, 1.82) is 0 Å². The van der Waals surface area contributed by atoms with Gasteiger partial charge in [-0.1, -0.05) is 0 Å². The molecule has 2 unspecified atom stereocenters. The first-order chi connectivity index (χ1) is 15.0. The molecule has 1 N–H and O–H groups in total. The van der Waals surface area contributed by atoms with Crippen LogP contribution in [0.2, 0.25) is 0 Å². The molecule has 4 rings (SSSR count). The van der Waals surface area contributed by atoms with Gasteiger partial charge in [0.1, 0.15) is 11.6 Å². The zero-order chi connectivity index (χ0) is 23.1. The molecule has 0 aromatic carbocycles. The van der Waals surface area contributed by atoms with Crippen LogP contribution in [0.4, 0.5) is 30.8 Å². The van der Waals surface area contributed by atoms with Crippen LogP contribution in [-0.2, 0) is 16.2 Å². The average Bonchev–Trinajstić information content (AvgIpc) is 3.36. The summed E-state index contributed by atoms with van der Waals surface area (Å²) < 4.78 is 64.5. The van der Waals surface area contributed by atoms with Crippen molar-refractivity contribution in [1.82, 2.24) is 19.3 Å². The van der Waals surface area contributed by atoms with Gasteiger partial charge in [0.15, 0.2) is 0 Å². The predicted molar refractivity (Wildman–Crippen MR) is 114 cm³/mol. The van der Waals surface area contributed by atoms with Crippen LogP contribution in [0.25, 0.3) is 0 Å². The fourth-order valence-corrected chi connectivity index (χ4v) is 5.05. The lowest BCUT2D eigenvalue weighted by Crippen LogP contribution is -2.29. The van der Waals surface area contributed by atoms with Gasteiger partial charge >= 0.3 is 6.18 Å². The largest absolute Gasteiger partial charge is 0.416 e. The van der Waals surface area contributed by atoms with Crippen LogP contribution >= 0.6 is 0 Å². The van der Waals surface area contributed by atoms with Crippen molar-refractivity contribution in [2.75, 3.05) is 36.1 Å². The Bertz CT molecular complexity index is 1090. The third-order valence-electron chi connectivity index (χ3n) is 5.93. The van der Waals surface area contributed by atoms with Crippen molar-refractivity contribution in [3.8, 4) is 0 Å². The summed E-state index contributed by atoms with van der Waals surface area (Å²) >= 11 is 0. The van der Waals surface area contributed by atoms with Crippen LogP contribution in [0, 0.1) is 0 Å². The Balaban J connectivity index is 1.67. The van der Waals surface area contributed by atoms with Gasteiger partial charge in [-0.3, -0.25) is 0 Å². The Morgan fingerprint density at radius 1 is 1.12 bits per heavy atom. The van der Waals surface area contributed by atoms with E-state index < -0.39 is 21.8 Å². The molecule has 2 atom stereocenters. The molecule has 2 aromatic rings. The fraction of sp³-hybridized carbons (Fsp3) is 0.550. The highest BCUT2D eigenvalue weighted by molar-refractivity contribution is 7.88.